The van der Waals surface area contributed by atoms with E-state index in [2.05, 4.69) is 11.1 Å². The van der Waals surface area contributed by atoms with E-state index in [-0.39, 0.29) is 18.3 Å². The average Bonchev–Trinajstić information content (AvgIpc) is 3.03. The van der Waals surface area contributed by atoms with Crippen LogP contribution in [0.5, 0.6) is 0 Å². The second kappa shape index (κ2) is 7.01. The van der Waals surface area contributed by atoms with Crippen molar-refractivity contribution in [1.82, 2.24) is 4.98 Å². The first-order chi connectivity index (χ1) is 11.7. The molecule has 24 heavy (non-hydrogen) atoms. The molecule has 1 unspecified atom stereocenters. The van der Waals surface area contributed by atoms with Crippen molar-refractivity contribution in [2.24, 2.45) is 0 Å². The molecule has 1 atom stereocenters. The normalized spacial score (nSPS) is 11.8. The molecule has 3 rings (SSSR count). The number of nitrogens with one attached hydrogen (secondary N) is 1. The van der Waals surface area contributed by atoms with Gasteiger partial charge in [-0.25, -0.2) is 0 Å². The summed E-state index contributed by atoms with van der Waals surface area (Å²) in [5, 5.41) is 10.0. The number of carbonyl (C=O) groups excluding carboxylic acids is 1. The summed E-state index contributed by atoms with van der Waals surface area (Å²) in [6.07, 6.45) is 1.99. The molecule has 0 spiro atoms. The minimum atomic E-state index is -0.212. The maximum atomic E-state index is 12.0. The predicted octanol–water partition coefficient (Wildman–Crippen LogP) is 4.12. The van der Waals surface area contributed by atoms with Crippen LogP contribution in [0, 0.1) is 11.3 Å². The lowest BCUT2D eigenvalue weighted by atomic mass is 9.88. The van der Waals surface area contributed by atoms with Crippen LogP contribution in [0.2, 0.25) is 0 Å². The fraction of sp³-hybridized carbons (Fsp3) is 0.200. The Hall–Kier alpha value is -3.06. The first kappa shape index (κ1) is 15.8. The standard InChI is InChI=1S/C20H18N2O2/c1-2-24-20(23)11-18(14-6-4-3-5-7-14)15-8-9-17-16(12-21)13-22-19(17)10-15/h3-10,13,18,22H,2,11H2,1H3. The van der Waals surface area contributed by atoms with E-state index in [0.29, 0.717) is 12.2 Å². The third-order valence-electron chi connectivity index (χ3n) is 4.11. The summed E-state index contributed by atoms with van der Waals surface area (Å²) >= 11 is 0. The SMILES string of the molecule is CCOC(=O)CC(c1ccccc1)c1ccc2c(C#N)c[nH]c2c1. The third-order valence-corrected chi connectivity index (χ3v) is 4.11. The monoisotopic (exact) mass is 318 g/mol. The highest BCUT2D eigenvalue weighted by molar-refractivity contribution is 5.86. The number of carbonyl (C=O) groups is 1. The molecule has 4 nitrogen and oxygen atoms in total. The van der Waals surface area contributed by atoms with Crippen LogP contribution in [0.1, 0.15) is 36.0 Å². The van der Waals surface area contributed by atoms with E-state index in [9.17, 15) is 4.79 Å². The molecule has 0 bridgehead atoms. The third kappa shape index (κ3) is 3.16. The van der Waals surface area contributed by atoms with Crippen molar-refractivity contribution in [2.45, 2.75) is 19.3 Å². The number of rotatable bonds is 5. The Kier molecular flexibility index (Phi) is 4.62. The second-order valence-electron chi connectivity index (χ2n) is 5.59. The number of benzene rings is 2. The number of aromatic amines is 1. The molecule has 0 fully saturated rings. The number of nitriles is 1. The first-order valence-corrected chi connectivity index (χ1v) is 7.94. The minimum absolute atomic E-state index is 0.0801. The van der Waals surface area contributed by atoms with Gasteiger partial charge in [0.2, 0.25) is 0 Å². The summed E-state index contributed by atoms with van der Waals surface area (Å²) in [4.78, 5) is 15.2. The number of aromatic nitrogens is 1. The van der Waals surface area contributed by atoms with Gasteiger partial charge in [0.1, 0.15) is 6.07 Å². The van der Waals surface area contributed by atoms with Crippen molar-refractivity contribution < 1.29 is 9.53 Å². The Balaban J connectivity index is 2.01. The lowest BCUT2D eigenvalue weighted by molar-refractivity contribution is -0.143. The van der Waals surface area contributed by atoms with Gasteiger partial charge in [-0.3, -0.25) is 4.79 Å². The summed E-state index contributed by atoms with van der Waals surface area (Å²) in [6.45, 7) is 2.19. The van der Waals surface area contributed by atoms with Crippen LogP contribution in [-0.4, -0.2) is 17.6 Å². The zero-order valence-corrected chi connectivity index (χ0v) is 13.5. The molecule has 2 aromatic carbocycles. The van der Waals surface area contributed by atoms with Gasteiger partial charge >= 0.3 is 5.97 Å². The summed E-state index contributed by atoms with van der Waals surface area (Å²) in [5.41, 5.74) is 3.61. The van der Waals surface area contributed by atoms with Gasteiger partial charge in [-0.1, -0.05) is 42.5 Å². The van der Waals surface area contributed by atoms with Crippen LogP contribution in [0.15, 0.2) is 54.7 Å². The Morgan fingerprint density at radius 1 is 1.21 bits per heavy atom. The molecule has 1 aromatic heterocycles. The van der Waals surface area contributed by atoms with E-state index in [4.69, 9.17) is 10.00 Å². The number of hydrogen-bond donors (Lipinski definition) is 1. The largest absolute Gasteiger partial charge is 0.466 e. The molecule has 0 saturated heterocycles. The summed E-state index contributed by atoms with van der Waals surface area (Å²) in [7, 11) is 0. The highest BCUT2D eigenvalue weighted by atomic mass is 16.5. The molecule has 120 valence electrons. The van der Waals surface area contributed by atoms with Crippen LogP contribution in [0.4, 0.5) is 0 Å². The molecule has 1 N–H and O–H groups in total. The maximum Gasteiger partial charge on any atom is 0.306 e. The van der Waals surface area contributed by atoms with Crippen LogP contribution in [-0.2, 0) is 9.53 Å². The van der Waals surface area contributed by atoms with Gasteiger partial charge in [-0.15, -0.1) is 0 Å². The van der Waals surface area contributed by atoms with Gasteiger partial charge < -0.3 is 9.72 Å². The predicted molar refractivity (Wildman–Crippen MR) is 92.5 cm³/mol. The maximum absolute atomic E-state index is 12.0. The van der Waals surface area contributed by atoms with E-state index < -0.39 is 0 Å². The van der Waals surface area contributed by atoms with Gasteiger partial charge in [0.15, 0.2) is 0 Å². The molecule has 4 heteroatoms. The van der Waals surface area contributed by atoms with Gasteiger partial charge in [0.25, 0.3) is 0 Å². The first-order valence-electron chi connectivity index (χ1n) is 7.94. The molecule has 0 radical (unpaired) electrons. The topological polar surface area (TPSA) is 65.9 Å². The quantitative estimate of drug-likeness (QED) is 0.719. The van der Waals surface area contributed by atoms with Crippen LogP contribution >= 0.6 is 0 Å². The van der Waals surface area contributed by atoms with Gasteiger partial charge in [-0.05, 0) is 24.1 Å². The molecular formula is C20H18N2O2. The Morgan fingerprint density at radius 2 is 2.00 bits per heavy atom. The van der Waals surface area contributed by atoms with E-state index in [1.54, 1.807) is 6.20 Å². The zero-order valence-electron chi connectivity index (χ0n) is 13.5. The number of esters is 1. The van der Waals surface area contributed by atoms with E-state index in [1.165, 1.54) is 0 Å². The minimum Gasteiger partial charge on any atom is -0.466 e. The van der Waals surface area contributed by atoms with Crippen molar-refractivity contribution in [3.63, 3.8) is 0 Å². The lowest BCUT2D eigenvalue weighted by Crippen LogP contribution is -2.11. The van der Waals surface area contributed by atoms with Crippen molar-refractivity contribution in [3.8, 4) is 6.07 Å². The highest BCUT2D eigenvalue weighted by Crippen LogP contribution is 2.31. The number of ether oxygens (including phenoxy) is 1. The molecule has 0 aliphatic rings. The molecule has 1 heterocycles. The van der Waals surface area contributed by atoms with E-state index >= 15 is 0 Å². The molecular weight excluding hydrogens is 300 g/mol. The highest BCUT2D eigenvalue weighted by Gasteiger charge is 2.20. The number of H-pyrrole nitrogens is 1. The summed E-state index contributed by atoms with van der Waals surface area (Å²) < 4.78 is 5.13. The smallest absolute Gasteiger partial charge is 0.306 e. The summed E-state index contributed by atoms with van der Waals surface area (Å²) in [5.74, 6) is -0.292. The van der Waals surface area contributed by atoms with Crippen molar-refractivity contribution >= 4 is 16.9 Å². The van der Waals surface area contributed by atoms with Crippen LogP contribution in [0.3, 0.4) is 0 Å². The van der Waals surface area contributed by atoms with Gasteiger partial charge in [0.05, 0.1) is 18.6 Å². The van der Waals surface area contributed by atoms with Crippen molar-refractivity contribution in [1.29, 1.82) is 5.26 Å². The summed E-state index contributed by atoms with van der Waals surface area (Å²) in [6, 6.07) is 18.0. The zero-order chi connectivity index (χ0) is 16.9. The fourth-order valence-corrected chi connectivity index (χ4v) is 2.95. The van der Waals surface area contributed by atoms with Gasteiger partial charge in [0, 0.05) is 23.0 Å². The van der Waals surface area contributed by atoms with E-state index in [0.717, 1.165) is 22.0 Å². The number of hydrogen-bond acceptors (Lipinski definition) is 3. The molecule has 0 aliphatic carbocycles. The average molecular weight is 318 g/mol. The molecule has 0 saturated carbocycles. The Labute approximate surface area is 140 Å². The van der Waals surface area contributed by atoms with Crippen molar-refractivity contribution in [3.05, 3.63) is 71.4 Å². The molecule has 0 amide bonds. The van der Waals surface area contributed by atoms with Gasteiger partial charge in [-0.2, -0.15) is 5.26 Å². The lowest BCUT2D eigenvalue weighted by Gasteiger charge is -2.17. The number of fused-ring (bicyclic) bond motifs is 1. The Bertz CT molecular complexity index is 891. The van der Waals surface area contributed by atoms with E-state index in [1.807, 2.05) is 55.5 Å². The van der Waals surface area contributed by atoms with Crippen LogP contribution < -0.4 is 0 Å². The van der Waals surface area contributed by atoms with Crippen molar-refractivity contribution in [2.75, 3.05) is 6.61 Å². The molecule has 3 aromatic rings. The fourth-order valence-electron chi connectivity index (χ4n) is 2.95. The number of nitrogens with zero attached hydrogens (tertiary/aromatic N) is 1. The molecule has 0 aliphatic heterocycles. The van der Waals surface area contributed by atoms with Crippen LogP contribution in [0.25, 0.3) is 10.9 Å². The second-order valence-corrected chi connectivity index (χ2v) is 5.59. The Morgan fingerprint density at radius 3 is 2.71 bits per heavy atom.